The first-order valence-electron chi connectivity index (χ1n) is 8.20. The fraction of sp³-hybridized carbons (Fsp3) is 1.00. The van der Waals surface area contributed by atoms with Crippen molar-refractivity contribution < 1.29 is 4.74 Å². The molecule has 1 heterocycles. The van der Waals surface area contributed by atoms with Crippen LogP contribution in [0.1, 0.15) is 52.9 Å². The third kappa shape index (κ3) is 3.93. The van der Waals surface area contributed by atoms with Gasteiger partial charge in [0.25, 0.3) is 0 Å². The molecule has 1 aliphatic carbocycles. The summed E-state index contributed by atoms with van der Waals surface area (Å²) < 4.78 is 5.78. The third-order valence-corrected chi connectivity index (χ3v) is 5.18. The molecule has 1 aliphatic heterocycles. The molecule has 3 nitrogen and oxygen atoms in total. The highest BCUT2D eigenvalue weighted by atomic mass is 16.5. The van der Waals surface area contributed by atoms with Crippen LogP contribution in [0.15, 0.2) is 0 Å². The van der Waals surface area contributed by atoms with E-state index in [0.717, 1.165) is 12.5 Å². The molecule has 2 rings (SSSR count). The molecule has 2 N–H and O–H groups in total. The highest BCUT2D eigenvalue weighted by Gasteiger charge is 2.48. The van der Waals surface area contributed by atoms with Crippen molar-refractivity contribution in [2.24, 2.45) is 11.3 Å². The Hall–Kier alpha value is -0.120. The smallest absolute Gasteiger partial charge is 0.0655 e. The Balaban J connectivity index is 1.56. The molecule has 0 spiro atoms. The van der Waals surface area contributed by atoms with E-state index in [9.17, 15) is 0 Å². The van der Waals surface area contributed by atoms with Gasteiger partial charge in [-0.05, 0) is 64.6 Å². The minimum Gasteiger partial charge on any atom is -0.378 e. The molecular weight excluding hydrogens is 236 g/mol. The van der Waals surface area contributed by atoms with Gasteiger partial charge in [0.1, 0.15) is 0 Å². The van der Waals surface area contributed by atoms with E-state index in [1.807, 2.05) is 0 Å². The van der Waals surface area contributed by atoms with Gasteiger partial charge in [-0.2, -0.15) is 0 Å². The fourth-order valence-corrected chi connectivity index (χ4v) is 3.55. The van der Waals surface area contributed by atoms with Gasteiger partial charge in [0.15, 0.2) is 0 Å². The average Bonchev–Trinajstić information content (AvgIpc) is 2.42. The fourth-order valence-electron chi connectivity index (χ4n) is 3.55. The van der Waals surface area contributed by atoms with Crippen LogP contribution in [0.4, 0.5) is 0 Å². The summed E-state index contributed by atoms with van der Waals surface area (Å²) in [7, 11) is 0. The molecule has 3 heteroatoms. The monoisotopic (exact) mass is 268 g/mol. The van der Waals surface area contributed by atoms with Crippen molar-refractivity contribution in [1.82, 2.24) is 10.6 Å². The summed E-state index contributed by atoms with van der Waals surface area (Å²) in [6.07, 6.45) is 7.13. The maximum absolute atomic E-state index is 5.78. The van der Waals surface area contributed by atoms with Gasteiger partial charge in [0.2, 0.25) is 0 Å². The second-order valence-corrected chi connectivity index (χ2v) is 6.84. The Kier molecular flexibility index (Phi) is 5.67. The summed E-state index contributed by atoms with van der Waals surface area (Å²) in [5.74, 6) is 0.966. The number of ether oxygens (including phenoxy) is 1. The number of nitrogens with one attached hydrogen (secondary N) is 2. The van der Waals surface area contributed by atoms with Crippen LogP contribution >= 0.6 is 0 Å². The van der Waals surface area contributed by atoms with Gasteiger partial charge in [-0.25, -0.2) is 0 Å². The maximum atomic E-state index is 5.78. The minimum atomic E-state index is 0.310. The first-order valence-corrected chi connectivity index (χ1v) is 8.20. The van der Waals surface area contributed by atoms with Crippen LogP contribution in [0.25, 0.3) is 0 Å². The number of hydrogen-bond donors (Lipinski definition) is 2. The lowest BCUT2D eigenvalue weighted by Crippen LogP contribution is -2.61. The van der Waals surface area contributed by atoms with E-state index in [1.54, 1.807) is 0 Å². The zero-order chi connectivity index (χ0) is 13.7. The molecule has 19 heavy (non-hydrogen) atoms. The van der Waals surface area contributed by atoms with Crippen LogP contribution in [-0.4, -0.2) is 38.4 Å². The van der Waals surface area contributed by atoms with E-state index in [0.29, 0.717) is 17.6 Å². The zero-order valence-corrected chi connectivity index (χ0v) is 13.0. The summed E-state index contributed by atoms with van der Waals surface area (Å²) >= 11 is 0. The van der Waals surface area contributed by atoms with Crippen LogP contribution in [0.5, 0.6) is 0 Å². The average molecular weight is 268 g/mol. The molecule has 0 aromatic heterocycles. The molecule has 2 atom stereocenters. The summed E-state index contributed by atoms with van der Waals surface area (Å²) in [6.45, 7) is 11.2. The quantitative estimate of drug-likeness (QED) is 0.696. The topological polar surface area (TPSA) is 33.3 Å². The van der Waals surface area contributed by atoms with E-state index < -0.39 is 0 Å². The number of rotatable bonds is 7. The summed E-state index contributed by atoms with van der Waals surface area (Å²) in [5.41, 5.74) is 0.310. The van der Waals surface area contributed by atoms with Crippen molar-refractivity contribution in [2.75, 3.05) is 26.2 Å². The molecule has 0 bridgehead atoms. The van der Waals surface area contributed by atoms with Crippen LogP contribution in [0, 0.1) is 11.3 Å². The van der Waals surface area contributed by atoms with Crippen LogP contribution < -0.4 is 10.6 Å². The summed E-state index contributed by atoms with van der Waals surface area (Å²) in [6, 6.07) is 0.650. The molecule has 2 unspecified atom stereocenters. The SMILES string of the molecule is CCOC1CC(NCCCC2CCNCC2)C1(C)C. The molecule has 1 saturated heterocycles. The van der Waals surface area contributed by atoms with E-state index in [2.05, 4.69) is 31.4 Å². The molecule has 0 aromatic rings. The highest BCUT2D eigenvalue weighted by Crippen LogP contribution is 2.42. The highest BCUT2D eigenvalue weighted by molar-refractivity contribution is 5.02. The number of hydrogen-bond acceptors (Lipinski definition) is 3. The Bertz CT molecular complexity index is 261. The third-order valence-electron chi connectivity index (χ3n) is 5.18. The van der Waals surface area contributed by atoms with Crippen molar-refractivity contribution >= 4 is 0 Å². The van der Waals surface area contributed by atoms with Gasteiger partial charge in [-0.3, -0.25) is 0 Å². The lowest BCUT2D eigenvalue weighted by atomic mass is 9.64. The van der Waals surface area contributed by atoms with Crippen molar-refractivity contribution in [3.05, 3.63) is 0 Å². The Labute approximate surface area is 118 Å². The summed E-state index contributed by atoms with van der Waals surface area (Å²) in [4.78, 5) is 0. The van der Waals surface area contributed by atoms with Gasteiger partial charge in [-0.1, -0.05) is 13.8 Å². The predicted molar refractivity (Wildman–Crippen MR) is 80.4 cm³/mol. The molecule has 0 amide bonds. The zero-order valence-electron chi connectivity index (χ0n) is 13.0. The van der Waals surface area contributed by atoms with E-state index in [1.165, 1.54) is 51.7 Å². The van der Waals surface area contributed by atoms with Crippen molar-refractivity contribution in [2.45, 2.75) is 65.0 Å². The van der Waals surface area contributed by atoms with Gasteiger partial charge in [0, 0.05) is 18.1 Å². The Morgan fingerprint density at radius 1 is 1.26 bits per heavy atom. The van der Waals surface area contributed by atoms with Gasteiger partial charge >= 0.3 is 0 Å². The second kappa shape index (κ2) is 7.05. The Morgan fingerprint density at radius 2 is 2.00 bits per heavy atom. The molecule has 112 valence electrons. The van der Waals surface area contributed by atoms with E-state index in [-0.39, 0.29) is 0 Å². The largest absolute Gasteiger partial charge is 0.378 e. The van der Waals surface area contributed by atoms with Crippen molar-refractivity contribution in [3.63, 3.8) is 0 Å². The Morgan fingerprint density at radius 3 is 2.63 bits per heavy atom. The first kappa shape index (κ1) is 15.3. The molecule has 0 radical (unpaired) electrons. The first-order chi connectivity index (χ1) is 9.14. The van der Waals surface area contributed by atoms with Crippen molar-refractivity contribution in [3.8, 4) is 0 Å². The summed E-state index contributed by atoms with van der Waals surface area (Å²) in [5, 5.41) is 7.18. The van der Waals surface area contributed by atoms with E-state index >= 15 is 0 Å². The molecule has 2 aliphatic rings. The normalized spacial score (nSPS) is 31.1. The van der Waals surface area contributed by atoms with Gasteiger partial charge in [0.05, 0.1) is 6.10 Å². The second-order valence-electron chi connectivity index (χ2n) is 6.84. The minimum absolute atomic E-state index is 0.310. The standard InChI is InChI=1S/C16H32N2O/c1-4-19-15-12-14(16(15,2)3)18-9-5-6-13-7-10-17-11-8-13/h13-15,17-18H,4-12H2,1-3H3. The van der Waals surface area contributed by atoms with Gasteiger partial charge < -0.3 is 15.4 Å². The van der Waals surface area contributed by atoms with Crippen LogP contribution in [0.2, 0.25) is 0 Å². The maximum Gasteiger partial charge on any atom is 0.0655 e. The van der Waals surface area contributed by atoms with Crippen LogP contribution in [-0.2, 0) is 4.74 Å². The van der Waals surface area contributed by atoms with Crippen molar-refractivity contribution in [1.29, 1.82) is 0 Å². The lowest BCUT2D eigenvalue weighted by molar-refractivity contribution is -0.114. The molecule has 1 saturated carbocycles. The van der Waals surface area contributed by atoms with Gasteiger partial charge in [-0.15, -0.1) is 0 Å². The molecule has 0 aromatic carbocycles. The molecular formula is C16H32N2O. The van der Waals surface area contributed by atoms with Crippen LogP contribution in [0.3, 0.4) is 0 Å². The van der Waals surface area contributed by atoms with E-state index in [4.69, 9.17) is 4.74 Å². The molecule has 2 fully saturated rings. The predicted octanol–water partition coefficient (Wildman–Crippen LogP) is 2.56. The lowest BCUT2D eigenvalue weighted by Gasteiger charge is -2.52. The number of piperidine rings is 1.